The van der Waals surface area contributed by atoms with Crippen LogP contribution in [0.1, 0.15) is 26.3 Å². The quantitative estimate of drug-likeness (QED) is 0.580. The Morgan fingerprint density at radius 1 is 1.41 bits per heavy atom. The molecule has 2 atom stereocenters. The smallest absolute Gasteiger partial charge is 0.422 e. The van der Waals surface area contributed by atoms with Gasteiger partial charge in [-0.3, -0.25) is 9.89 Å². The molecule has 9 heteroatoms. The number of guanidine groups is 1. The van der Waals surface area contributed by atoms with Crippen LogP contribution in [0, 0.1) is 5.92 Å². The number of alkyl halides is 3. The number of hydrogen-bond donors (Lipinski definition) is 2. The SMILES string of the molecule is CN=C(NCc1ccnc(OCC(F)(F)F)c1)NC1CN(C(C)C)CC1C. The summed E-state index contributed by atoms with van der Waals surface area (Å²) in [5.74, 6) is 1.10. The van der Waals surface area contributed by atoms with Crippen molar-refractivity contribution in [1.82, 2.24) is 20.5 Å². The van der Waals surface area contributed by atoms with E-state index in [-0.39, 0.29) is 5.88 Å². The normalized spacial score (nSPS) is 21.6. The second-order valence-corrected chi connectivity index (χ2v) is 7.11. The molecule has 0 bridgehead atoms. The van der Waals surface area contributed by atoms with Crippen LogP contribution in [0.2, 0.25) is 0 Å². The second-order valence-electron chi connectivity index (χ2n) is 7.11. The molecule has 1 aromatic rings. The van der Waals surface area contributed by atoms with Gasteiger partial charge in [0.25, 0.3) is 0 Å². The molecule has 27 heavy (non-hydrogen) atoms. The molecule has 0 saturated carbocycles. The zero-order chi connectivity index (χ0) is 20.0. The fraction of sp³-hybridized carbons (Fsp3) is 0.667. The first kappa shape index (κ1) is 21.3. The van der Waals surface area contributed by atoms with Crippen molar-refractivity contribution in [3.05, 3.63) is 23.9 Å². The maximum atomic E-state index is 12.3. The van der Waals surface area contributed by atoms with Crippen LogP contribution in [-0.2, 0) is 6.54 Å². The van der Waals surface area contributed by atoms with Gasteiger partial charge in [-0.15, -0.1) is 0 Å². The predicted molar refractivity (Wildman–Crippen MR) is 98.8 cm³/mol. The van der Waals surface area contributed by atoms with Crippen molar-refractivity contribution in [2.24, 2.45) is 10.9 Å². The van der Waals surface area contributed by atoms with Gasteiger partial charge in [-0.2, -0.15) is 13.2 Å². The lowest BCUT2D eigenvalue weighted by Gasteiger charge is -2.22. The van der Waals surface area contributed by atoms with Crippen molar-refractivity contribution in [3.63, 3.8) is 0 Å². The summed E-state index contributed by atoms with van der Waals surface area (Å²) in [7, 11) is 1.69. The van der Waals surface area contributed by atoms with Crippen molar-refractivity contribution in [2.45, 2.75) is 45.6 Å². The molecule has 2 N–H and O–H groups in total. The third-order valence-electron chi connectivity index (χ3n) is 4.56. The van der Waals surface area contributed by atoms with E-state index in [1.807, 2.05) is 0 Å². The molecule has 0 amide bonds. The molecule has 0 aliphatic carbocycles. The Morgan fingerprint density at radius 3 is 2.74 bits per heavy atom. The van der Waals surface area contributed by atoms with Crippen LogP contribution >= 0.6 is 0 Å². The summed E-state index contributed by atoms with van der Waals surface area (Å²) in [4.78, 5) is 10.5. The second kappa shape index (κ2) is 9.25. The predicted octanol–water partition coefficient (Wildman–Crippen LogP) is 2.42. The highest BCUT2D eigenvalue weighted by atomic mass is 19.4. The Morgan fingerprint density at radius 2 is 2.15 bits per heavy atom. The number of halogens is 3. The van der Waals surface area contributed by atoms with Crippen LogP contribution in [-0.4, -0.2) is 60.8 Å². The molecule has 2 rings (SSSR count). The number of nitrogens with one attached hydrogen (secondary N) is 2. The first-order chi connectivity index (χ1) is 12.7. The molecule has 2 unspecified atom stereocenters. The van der Waals surface area contributed by atoms with Crippen LogP contribution < -0.4 is 15.4 Å². The topological polar surface area (TPSA) is 61.8 Å². The first-order valence-corrected chi connectivity index (χ1v) is 9.03. The van der Waals surface area contributed by atoms with Gasteiger partial charge >= 0.3 is 6.18 Å². The molecule has 1 saturated heterocycles. The van der Waals surface area contributed by atoms with E-state index >= 15 is 0 Å². The Kier molecular flexibility index (Phi) is 7.29. The highest BCUT2D eigenvalue weighted by molar-refractivity contribution is 5.80. The molecule has 1 aliphatic heterocycles. The van der Waals surface area contributed by atoms with E-state index < -0.39 is 12.8 Å². The van der Waals surface area contributed by atoms with Crippen LogP contribution in [0.25, 0.3) is 0 Å². The highest BCUT2D eigenvalue weighted by Crippen LogP contribution is 2.19. The molecule has 0 spiro atoms. The van der Waals surface area contributed by atoms with Gasteiger partial charge in [0, 0.05) is 51.0 Å². The number of aromatic nitrogens is 1. The number of ether oxygens (including phenoxy) is 1. The molecule has 6 nitrogen and oxygen atoms in total. The zero-order valence-electron chi connectivity index (χ0n) is 16.2. The van der Waals surface area contributed by atoms with E-state index in [1.165, 1.54) is 12.3 Å². The van der Waals surface area contributed by atoms with Crippen molar-refractivity contribution in [3.8, 4) is 5.88 Å². The third kappa shape index (κ3) is 6.89. The fourth-order valence-corrected chi connectivity index (χ4v) is 2.96. The summed E-state index contributed by atoms with van der Waals surface area (Å²) >= 11 is 0. The van der Waals surface area contributed by atoms with Gasteiger partial charge in [0.2, 0.25) is 5.88 Å². The van der Waals surface area contributed by atoms with Crippen molar-refractivity contribution >= 4 is 5.96 Å². The molecule has 152 valence electrons. The fourth-order valence-electron chi connectivity index (χ4n) is 2.96. The molecule has 0 radical (unpaired) electrons. The lowest BCUT2D eigenvalue weighted by molar-refractivity contribution is -0.154. The Bertz CT molecular complexity index is 636. The number of likely N-dealkylation sites (tertiary alicyclic amines) is 1. The minimum absolute atomic E-state index is 0.0495. The molecule has 1 aliphatic rings. The number of hydrogen-bond acceptors (Lipinski definition) is 4. The van der Waals surface area contributed by atoms with E-state index in [0.29, 0.717) is 30.5 Å². The number of pyridine rings is 1. The maximum Gasteiger partial charge on any atom is 0.422 e. The van der Waals surface area contributed by atoms with Crippen molar-refractivity contribution in [1.29, 1.82) is 0 Å². The van der Waals surface area contributed by atoms with Gasteiger partial charge in [0.05, 0.1) is 0 Å². The first-order valence-electron chi connectivity index (χ1n) is 9.03. The summed E-state index contributed by atoms with van der Waals surface area (Å²) < 4.78 is 41.4. The number of rotatable bonds is 6. The molecule has 0 aromatic carbocycles. The van der Waals surface area contributed by atoms with Crippen LogP contribution in [0.3, 0.4) is 0 Å². The van der Waals surface area contributed by atoms with Crippen LogP contribution in [0.4, 0.5) is 13.2 Å². The van der Waals surface area contributed by atoms with E-state index in [4.69, 9.17) is 0 Å². The number of nitrogens with zero attached hydrogens (tertiary/aromatic N) is 3. The van der Waals surface area contributed by atoms with Crippen LogP contribution in [0.15, 0.2) is 23.3 Å². The minimum atomic E-state index is -4.39. The summed E-state index contributed by atoms with van der Waals surface area (Å²) in [6.07, 6.45) is -2.96. The largest absolute Gasteiger partial charge is 0.468 e. The van der Waals surface area contributed by atoms with Gasteiger partial charge in [-0.05, 0) is 31.4 Å². The van der Waals surface area contributed by atoms with Crippen molar-refractivity contribution in [2.75, 3.05) is 26.7 Å². The Hall–Kier alpha value is -2.03. The highest BCUT2D eigenvalue weighted by Gasteiger charge is 2.31. The summed E-state index contributed by atoms with van der Waals surface area (Å²) in [6.45, 7) is 7.61. The molecule has 1 aromatic heterocycles. The van der Waals surface area contributed by atoms with E-state index in [2.05, 4.69) is 51.0 Å². The average molecular weight is 387 g/mol. The van der Waals surface area contributed by atoms with Gasteiger partial charge in [0.1, 0.15) is 0 Å². The Labute approximate surface area is 158 Å². The lowest BCUT2D eigenvalue weighted by atomic mass is 10.1. The zero-order valence-corrected chi connectivity index (χ0v) is 16.2. The molecule has 1 fully saturated rings. The molecular formula is C18H28F3N5O. The molecule has 2 heterocycles. The van der Waals surface area contributed by atoms with Crippen molar-refractivity contribution < 1.29 is 17.9 Å². The average Bonchev–Trinajstić information content (AvgIpc) is 2.97. The minimum Gasteiger partial charge on any atom is -0.468 e. The van der Waals surface area contributed by atoms with Crippen LogP contribution in [0.5, 0.6) is 5.88 Å². The Balaban J connectivity index is 1.87. The monoisotopic (exact) mass is 387 g/mol. The molecular weight excluding hydrogens is 359 g/mol. The lowest BCUT2D eigenvalue weighted by Crippen LogP contribution is -2.46. The summed E-state index contributed by atoms with van der Waals surface area (Å²) in [6, 6.07) is 4.01. The summed E-state index contributed by atoms with van der Waals surface area (Å²) in [5.41, 5.74) is 0.758. The maximum absolute atomic E-state index is 12.3. The number of aliphatic imine (C=N–C) groups is 1. The van der Waals surface area contributed by atoms with Gasteiger partial charge in [-0.1, -0.05) is 6.92 Å². The van der Waals surface area contributed by atoms with E-state index in [0.717, 1.165) is 18.7 Å². The standard InChI is InChI=1S/C18H28F3N5O/c1-12(2)26-9-13(3)15(10-26)25-17(22-4)24-8-14-5-6-23-16(7-14)27-11-18(19,20)21/h5-7,12-13,15H,8-11H2,1-4H3,(H2,22,24,25). The summed E-state index contributed by atoms with van der Waals surface area (Å²) in [5, 5.41) is 6.62. The van der Waals surface area contributed by atoms with E-state index in [1.54, 1.807) is 13.1 Å². The van der Waals surface area contributed by atoms with Gasteiger partial charge < -0.3 is 15.4 Å². The van der Waals surface area contributed by atoms with E-state index in [9.17, 15) is 13.2 Å². The third-order valence-corrected chi connectivity index (χ3v) is 4.56. The van der Waals surface area contributed by atoms with Gasteiger partial charge in [0.15, 0.2) is 12.6 Å². The van der Waals surface area contributed by atoms with Gasteiger partial charge in [-0.25, -0.2) is 4.98 Å².